The van der Waals surface area contributed by atoms with Gasteiger partial charge in [0.1, 0.15) is 0 Å². The van der Waals surface area contributed by atoms with Crippen molar-refractivity contribution in [3.63, 3.8) is 0 Å². The van der Waals surface area contributed by atoms with E-state index >= 15 is 0 Å². The first-order valence-corrected chi connectivity index (χ1v) is 3.34. The van der Waals surface area contributed by atoms with Gasteiger partial charge in [0, 0.05) is 5.56 Å². The molecule has 0 bridgehead atoms. The summed E-state index contributed by atoms with van der Waals surface area (Å²) in [4.78, 5) is 0. The fourth-order valence-electron chi connectivity index (χ4n) is 0.737. The Kier molecular flexibility index (Phi) is 1.99. The molecule has 10 heavy (non-hydrogen) atoms. The van der Waals surface area contributed by atoms with Gasteiger partial charge in [0.05, 0.1) is 5.02 Å². The van der Waals surface area contributed by atoms with Gasteiger partial charge in [0.25, 0.3) is 0 Å². The van der Waals surface area contributed by atoms with Crippen LogP contribution in [0.15, 0.2) is 18.2 Å². The Morgan fingerprint density at radius 3 is 2.70 bits per heavy atom. The molecular weight excluding hydrogens is 144 g/mol. The predicted octanol–water partition coefficient (Wildman–Crippen LogP) is 2.63. The molecule has 0 heterocycles. The Hall–Kier alpha value is -0.930. The summed E-state index contributed by atoms with van der Waals surface area (Å²) in [6.45, 7) is 1.98. The normalized spacial score (nSPS) is 8.90. The summed E-state index contributed by atoms with van der Waals surface area (Å²) in [5, 5.41) is 0.655. The first-order chi connectivity index (χ1) is 4.74. The molecule has 0 aliphatic carbocycles. The quantitative estimate of drug-likeness (QED) is 0.499. The smallest absolute Gasteiger partial charge is 0.0565 e. The largest absolute Gasteiger partial charge is 0.115 e. The maximum absolute atomic E-state index is 5.79. The fourth-order valence-corrected chi connectivity index (χ4v) is 1.03. The summed E-state index contributed by atoms with van der Waals surface area (Å²) in [5.41, 5.74) is 1.89. The molecule has 1 aromatic carbocycles. The average molecular weight is 151 g/mol. The van der Waals surface area contributed by atoms with Crippen LogP contribution in [0.2, 0.25) is 5.02 Å². The van der Waals surface area contributed by atoms with Crippen molar-refractivity contribution < 1.29 is 0 Å². The molecule has 0 saturated carbocycles. The number of hydrogen-bond donors (Lipinski definition) is 0. The molecule has 0 unspecified atom stereocenters. The zero-order valence-electron chi connectivity index (χ0n) is 5.69. The maximum atomic E-state index is 5.79. The highest BCUT2D eigenvalue weighted by Crippen LogP contribution is 2.15. The molecule has 0 aromatic heterocycles. The van der Waals surface area contributed by atoms with Gasteiger partial charge in [0.15, 0.2) is 0 Å². The third kappa shape index (κ3) is 1.32. The number of benzene rings is 1. The first kappa shape index (κ1) is 7.18. The molecule has 0 atom stereocenters. The SMILES string of the molecule is C#Cc1ccc(C)cc1Cl. The van der Waals surface area contributed by atoms with Gasteiger partial charge in [-0.2, -0.15) is 0 Å². The van der Waals surface area contributed by atoms with Gasteiger partial charge in [0.2, 0.25) is 0 Å². The number of rotatable bonds is 0. The second kappa shape index (κ2) is 2.77. The molecule has 50 valence electrons. The Morgan fingerprint density at radius 1 is 1.50 bits per heavy atom. The van der Waals surface area contributed by atoms with Gasteiger partial charge in [-0.05, 0) is 24.6 Å². The van der Waals surface area contributed by atoms with Crippen LogP contribution in [0.5, 0.6) is 0 Å². The Bertz CT molecular complexity index is 281. The lowest BCUT2D eigenvalue weighted by atomic mass is 10.2. The van der Waals surface area contributed by atoms with Crippen molar-refractivity contribution in [1.29, 1.82) is 0 Å². The molecule has 1 rings (SSSR count). The van der Waals surface area contributed by atoms with Crippen molar-refractivity contribution in [3.05, 3.63) is 34.3 Å². The summed E-state index contributed by atoms with van der Waals surface area (Å²) in [6, 6.07) is 5.65. The second-order valence-electron chi connectivity index (χ2n) is 2.13. The van der Waals surface area contributed by atoms with E-state index in [9.17, 15) is 0 Å². The fraction of sp³-hybridized carbons (Fsp3) is 0.111. The van der Waals surface area contributed by atoms with E-state index in [4.69, 9.17) is 18.0 Å². The summed E-state index contributed by atoms with van der Waals surface area (Å²) in [6.07, 6.45) is 5.17. The summed E-state index contributed by atoms with van der Waals surface area (Å²) < 4.78 is 0. The van der Waals surface area contributed by atoms with E-state index in [1.54, 1.807) is 0 Å². The third-order valence-corrected chi connectivity index (χ3v) is 1.59. The Labute approximate surface area is 65.8 Å². The van der Waals surface area contributed by atoms with Crippen molar-refractivity contribution >= 4 is 11.6 Å². The standard InChI is InChI=1S/C9H7Cl/c1-3-8-5-4-7(2)6-9(8)10/h1,4-6H,2H3. The van der Waals surface area contributed by atoms with Crippen molar-refractivity contribution in [2.45, 2.75) is 6.92 Å². The Morgan fingerprint density at radius 2 is 2.20 bits per heavy atom. The summed E-state index contributed by atoms with van der Waals surface area (Å²) in [5.74, 6) is 2.49. The lowest BCUT2D eigenvalue weighted by Crippen LogP contribution is -1.77. The molecule has 1 heteroatoms. The first-order valence-electron chi connectivity index (χ1n) is 2.97. The molecular formula is C9H7Cl. The van der Waals surface area contributed by atoms with Crippen LogP contribution in [0, 0.1) is 19.3 Å². The van der Waals surface area contributed by atoms with Gasteiger partial charge in [-0.15, -0.1) is 6.42 Å². The van der Waals surface area contributed by atoms with Crippen LogP contribution >= 0.6 is 11.6 Å². The van der Waals surface area contributed by atoms with E-state index in [0.29, 0.717) is 5.02 Å². The minimum absolute atomic E-state index is 0.655. The number of hydrogen-bond acceptors (Lipinski definition) is 0. The number of aryl methyl sites for hydroxylation is 1. The van der Waals surface area contributed by atoms with E-state index in [-0.39, 0.29) is 0 Å². The van der Waals surface area contributed by atoms with Crippen molar-refractivity contribution in [3.8, 4) is 12.3 Å². The molecule has 0 amide bonds. The molecule has 1 aromatic rings. The minimum atomic E-state index is 0.655. The average Bonchev–Trinajstić information content (AvgIpc) is 1.88. The lowest BCUT2D eigenvalue weighted by molar-refractivity contribution is 1.46. The zero-order valence-corrected chi connectivity index (χ0v) is 6.44. The molecule has 0 aliphatic heterocycles. The van der Waals surface area contributed by atoms with Gasteiger partial charge < -0.3 is 0 Å². The molecule has 0 N–H and O–H groups in total. The van der Waals surface area contributed by atoms with Crippen molar-refractivity contribution in [1.82, 2.24) is 0 Å². The maximum Gasteiger partial charge on any atom is 0.0565 e. The highest BCUT2D eigenvalue weighted by molar-refractivity contribution is 6.31. The highest BCUT2D eigenvalue weighted by atomic mass is 35.5. The van der Waals surface area contributed by atoms with Crippen LogP contribution in [0.1, 0.15) is 11.1 Å². The van der Waals surface area contributed by atoms with Crippen LogP contribution in [0.4, 0.5) is 0 Å². The second-order valence-corrected chi connectivity index (χ2v) is 2.53. The molecule has 0 spiro atoms. The summed E-state index contributed by atoms with van der Waals surface area (Å²) >= 11 is 5.79. The third-order valence-electron chi connectivity index (χ3n) is 1.28. The van der Waals surface area contributed by atoms with Crippen molar-refractivity contribution in [2.24, 2.45) is 0 Å². The van der Waals surface area contributed by atoms with Gasteiger partial charge >= 0.3 is 0 Å². The molecule has 0 nitrogen and oxygen atoms in total. The van der Waals surface area contributed by atoms with Crippen LogP contribution in [-0.2, 0) is 0 Å². The highest BCUT2D eigenvalue weighted by Gasteiger charge is 1.94. The zero-order chi connectivity index (χ0) is 7.56. The lowest BCUT2D eigenvalue weighted by Gasteiger charge is -1.95. The van der Waals surface area contributed by atoms with E-state index < -0.39 is 0 Å². The van der Waals surface area contributed by atoms with E-state index in [1.165, 1.54) is 0 Å². The predicted molar refractivity (Wildman–Crippen MR) is 44.1 cm³/mol. The molecule has 0 radical (unpaired) electrons. The van der Waals surface area contributed by atoms with Crippen LogP contribution < -0.4 is 0 Å². The van der Waals surface area contributed by atoms with Crippen LogP contribution in [0.25, 0.3) is 0 Å². The molecule has 0 fully saturated rings. The number of terminal acetylenes is 1. The van der Waals surface area contributed by atoms with Crippen LogP contribution in [-0.4, -0.2) is 0 Å². The minimum Gasteiger partial charge on any atom is -0.115 e. The van der Waals surface area contributed by atoms with E-state index in [1.807, 2.05) is 25.1 Å². The molecule has 0 saturated heterocycles. The van der Waals surface area contributed by atoms with Gasteiger partial charge in [-0.3, -0.25) is 0 Å². The van der Waals surface area contributed by atoms with Gasteiger partial charge in [-0.25, -0.2) is 0 Å². The van der Waals surface area contributed by atoms with Crippen LogP contribution in [0.3, 0.4) is 0 Å². The van der Waals surface area contributed by atoms with E-state index in [0.717, 1.165) is 11.1 Å². The van der Waals surface area contributed by atoms with Gasteiger partial charge in [-0.1, -0.05) is 23.6 Å². The number of halogens is 1. The van der Waals surface area contributed by atoms with E-state index in [2.05, 4.69) is 5.92 Å². The Balaban J connectivity index is 3.23. The summed E-state index contributed by atoms with van der Waals surface area (Å²) in [7, 11) is 0. The topological polar surface area (TPSA) is 0 Å². The molecule has 0 aliphatic rings. The van der Waals surface area contributed by atoms with Crippen molar-refractivity contribution in [2.75, 3.05) is 0 Å². The monoisotopic (exact) mass is 150 g/mol.